The van der Waals surface area contributed by atoms with E-state index in [4.69, 9.17) is 15.2 Å². The third kappa shape index (κ3) is 3.51. The van der Waals surface area contributed by atoms with E-state index in [0.717, 1.165) is 25.4 Å². The van der Waals surface area contributed by atoms with E-state index in [2.05, 4.69) is 24.0 Å². The summed E-state index contributed by atoms with van der Waals surface area (Å²) in [5.41, 5.74) is 7.12. The van der Waals surface area contributed by atoms with E-state index >= 15 is 0 Å². The maximum Gasteiger partial charge on any atom is 0.119 e. The van der Waals surface area contributed by atoms with Crippen molar-refractivity contribution in [2.24, 2.45) is 5.73 Å². The van der Waals surface area contributed by atoms with Crippen LogP contribution < -0.4 is 10.5 Å². The van der Waals surface area contributed by atoms with Crippen LogP contribution in [0.2, 0.25) is 0 Å². The van der Waals surface area contributed by atoms with Gasteiger partial charge in [0.1, 0.15) is 5.75 Å². The Balaban J connectivity index is 2.18. The average molecular weight is 278 g/mol. The summed E-state index contributed by atoms with van der Waals surface area (Å²) in [6.07, 6.45) is 0.267. The largest absolute Gasteiger partial charge is 0.491 e. The Kier molecular flexibility index (Phi) is 5.40. The van der Waals surface area contributed by atoms with Crippen molar-refractivity contribution in [3.63, 3.8) is 0 Å². The van der Waals surface area contributed by atoms with Gasteiger partial charge >= 0.3 is 0 Å². The Morgan fingerprint density at radius 3 is 2.60 bits per heavy atom. The molecule has 20 heavy (non-hydrogen) atoms. The highest BCUT2D eigenvalue weighted by Gasteiger charge is 2.31. The van der Waals surface area contributed by atoms with Gasteiger partial charge in [0.15, 0.2) is 0 Å². The predicted molar refractivity (Wildman–Crippen MR) is 81.0 cm³/mol. The Morgan fingerprint density at radius 2 is 2.05 bits per heavy atom. The minimum atomic E-state index is 0.0700. The second kappa shape index (κ2) is 7.07. The number of nitrogens with two attached hydrogens (primary N) is 1. The fourth-order valence-electron chi connectivity index (χ4n) is 2.78. The molecule has 0 amide bonds. The van der Waals surface area contributed by atoms with Crippen LogP contribution in [0.15, 0.2) is 24.3 Å². The SMILES string of the molecule is CCN1CCOC(CN)C1c1ccc(OC(C)C)cc1. The van der Waals surface area contributed by atoms with Crippen LogP contribution in [-0.4, -0.2) is 43.3 Å². The number of likely N-dealkylation sites (N-methyl/N-ethyl adjacent to an activating group) is 1. The molecule has 0 aliphatic carbocycles. The summed E-state index contributed by atoms with van der Waals surface area (Å²) >= 11 is 0. The van der Waals surface area contributed by atoms with Gasteiger partial charge in [0.2, 0.25) is 0 Å². The quantitative estimate of drug-likeness (QED) is 0.897. The van der Waals surface area contributed by atoms with Gasteiger partial charge in [0.25, 0.3) is 0 Å². The molecule has 2 atom stereocenters. The van der Waals surface area contributed by atoms with Crippen LogP contribution in [0.25, 0.3) is 0 Å². The third-order valence-electron chi connectivity index (χ3n) is 3.69. The Labute approximate surface area is 121 Å². The highest BCUT2D eigenvalue weighted by Crippen LogP contribution is 2.30. The first-order chi connectivity index (χ1) is 9.65. The summed E-state index contributed by atoms with van der Waals surface area (Å²) in [6, 6.07) is 8.56. The van der Waals surface area contributed by atoms with Gasteiger partial charge in [-0.05, 0) is 38.1 Å². The van der Waals surface area contributed by atoms with Gasteiger partial charge in [0.05, 0.1) is 24.9 Å². The van der Waals surface area contributed by atoms with Crippen LogP contribution in [0, 0.1) is 0 Å². The molecule has 2 unspecified atom stereocenters. The van der Waals surface area contributed by atoms with Crippen molar-refractivity contribution in [1.82, 2.24) is 4.90 Å². The molecule has 0 aromatic heterocycles. The van der Waals surface area contributed by atoms with Crippen LogP contribution >= 0.6 is 0 Å². The van der Waals surface area contributed by atoms with Crippen molar-refractivity contribution in [2.45, 2.75) is 39.0 Å². The smallest absolute Gasteiger partial charge is 0.119 e. The molecule has 1 aliphatic rings. The zero-order valence-corrected chi connectivity index (χ0v) is 12.7. The Morgan fingerprint density at radius 1 is 1.35 bits per heavy atom. The molecule has 2 N–H and O–H groups in total. The fraction of sp³-hybridized carbons (Fsp3) is 0.625. The van der Waals surface area contributed by atoms with Gasteiger partial charge in [-0.15, -0.1) is 0 Å². The zero-order chi connectivity index (χ0) is 14.5. The standard InChI is InChI=1S/C16H26N2O2/c1-4-18-9-10-19-15(11-17)16(18)13-5-7-14(8-6-13)20-12(2)3/h5-8,12,15-16H,4,9-11,17H2,1-3H3. The van der Waals surface area contributed by atoms with Crippen molar-refractivity contribution < 1.29 is 9.47 Å². The number of ether oxygens (including phenoxy) is 2. The highest BCUT2D eigenvalue weighted by atomic mass is 16.5. The average Bonchev–Trinajstić information content (AvgIpc) is 2.46. The van der Waals surface area contributed by atoms with Crippen molar-refractivity contribution in [3.05, 3.63) is 29.8 Å². The molecular weight excluding hydrogens is 252 g/mol. The van der Waals surface area contributed by atoms with Crippen molar-refractivity contribution >= 4 is 0 Å². The lowest BCUT2D eigenvalue weighted by atomic mass is 9.98. The summed E-state index contributed by atoms with van der Waals surface area (Å²) in [4.78, 5) is 2.43. The minimum absolute atomic E-state index is 0.0700. The molecule has 0 saturated carbocycles. The number of nitrogens with zero attached hydrogens (tertiary/aromatic N) is 1. The molecule has 112 valence electrons. The Bertz CT molecular complexity index is 393. The van der Waals surface area contributed by atoms with Gasteiger partial charge in [-0.3, -0.25) is 4.90 Å². The van der Waals surface area contributed by atoms with Crippen LogP contribution in [-0.2, 0) is 4.74 Å². The first-order valence-corrected chi connectivity index (χ1v) is 7.48. The fourth-order valence-corrected chi connectivity index (χ4v) is 2.78. The van der Waals surface area contributed by atoms with E-state index in [9.17, 15) is 0 Å². The molecule has 1 aromatic rings. The molecular formula is C16H26N2O2. The molecule has 1 saturated heterocycles. The van der Waals surface area contributed by atoms with Gasteiger partial charge in [-0.2, -0.15) is 0 Å². The molecule has 1 fully saturated rings. The minimum Gasteiger partial charge on any atom is -0.491 e. The summed E-state index contributed by atoms with van der Waals surface area (Å²) in [7, 11) is 0. The van der Waals surface area contributed by atoms with Crippen molar-refractivity contribution in [1.29, 1.82) is 0 Å². The van der Waals surface area contributed by atoms with Crippen LogP contribution in [0.4, 0.5) is 0 Å². The number of hydrogen-bond acceptors (Lipinski definition) is 4. The lowest BCUT2D eigenvalue weighted by Gasteiger charge is -2.40. The molecule has 0 bridgehead atoms. The second-order valence-electron chi connectivity index (χ2n) is 5.45. The lowest BCUT2D eigenvalue weighted by Crippen LogP contribution is -2.48. The van der Waals surface area contributed by atoms with E-state index < -0.39 is 0 Å². The summed E-state index contributed by atoms with van der Waals surface area (Å²) < 4.78 is 11.5. The molecule has 1 aromatic carbocycles. The second-order valence-corrected chi connectivity index (χ2v) is 5.45. The van der Waals surface area contributed by atoms with E-state index in [1.54, 1.807) is 0 Å². The Hall–Kier alpha value is -1.10. The highest BCUT2D eigenvalue weighted by molar-refractivity contribution is 5.30. The molecule has 2 rings (SSSR count). The van der Waals surface area contributed by atoms with E-state index in [0.29, 0.717) is 6.54 Å². The maximum absolute atomic E-state index is 5.87. The summed E-state index contributed by atoms with van der Waals surface area (Å²) in [5, 5.41) is 0. The summed E-state index contributed by atoms with van der Waals surface area (Å²) in [6.45, 7) is 9.53. The summed E-state index contributed by atoms with van der Waals surface area (Å²) in [5.74, 6) is 0.910. The predicted octanol–water partition coefficient (Wildman–Crippen LogP) is 2.19. The monoisotopic (exact) mass is 278 g/mol. The maximum atomic E-state index is 5.87. The van der Waals surface area contributed by atoms with Crippen molar-refractivity contribution in [2.75, 3.05) is 26.2 Å². The van der Waals surface area contributed by atoms with Crippen LogP contribution in [0.3, 0.4) is 0 Å². The molecule has 4 nitrogen and oxygen atoms in total. The van der Waals surface area contributed by atoms with Gasteiger partial charge in [-0.1, -0.05) is 19.1 Å². The molecule has 0 radical (unpaired) electrons. The van der Waals surface area contributed by atoms with E-state index in [1.165, 1.54) is 5.56 Å². The lowest BCUT2D eigenvalue weighted by molar-refractivity contribution is -0.0658. The van der Waals surface area contributed by atoms with Crippen LogP contribution in [0.1, 0.15) is 32.4 Å². The normalized spacial score (nSPS) is 24.1. The van der Waals surface area contributed by atoms with Crippen LogP contribution in [0.5, 0.6) is 5.75 Å². The van der Waals surface area contributed by atoms with Crippen molar-refractivity contribution in [3.8, 4) is 5.75 Å². The number of benzene rings is 1. The number of rotatable bonds is 5. The topological polar surface area (TPSA) is 47.7 Å². The van der Waals surface area contributed by atoms with E-state index in [1.807, 2.05) is 26.0 Å². The van der Waals surface area contributed by atoms with E-state index in [-0.39, 0.29) is 18.2 Å². The molecule has 0 spiro atoms. The van der Waals surface area contributed by atoms with Gasteiger partial charge in [0, 0.05) is 13.1 Å². The third-order valence-corrected chi connectivity index (χ3v) is 3.69. The zero-order valence-electron chi connectivity index (χ0n) is 12.7. The molecule has 4 heteroatoms. The van der Waals surface area contributed by atoms with Gasteiger partial charge in [-0.25, -0.2) is 0 Å². The molecule has 1 aliphatic heterocycles. The first kappa shape index (κ1) is 15.3. The van der Waals surface area contributed by atoms with Gasteiger partial charge < -0.3 is 15.2 Å². The number of morpholine rings is 1. The number of hydrogen-bond donors (Lipinski definition) is 1. The first-order valence-electron chi connectivity index (χ1n) is 7.48. The molecule has 1 heterocycles.